The minimum Gasteiger partial charge on any atom is -0.366 e. The third-order valence-electron chi connectivity index (χ3n) is 9.66. The smallest absolute Gasteiger partial charge is 0.366 e. The number of rotatable bonds is 6. The van der Waals surface area contributed by atoms with Gasteiger partial charge in [-0.1, -0.05) is 174 Å². The van der Waals surface area contributed by atoms with Crippen LogP contribution in [0.1, 0.15) is 11.1 Å². The van der Waals surface area contributed by atoms with E-state index in [4.69, 9.17) is 12.8 Å². The van der Waals surface area contributed by atoms with Gasteiger partial charge in [0, 0.05) is 0 Å². The van der Waals surface area contributed by atoms with E-state index >= 15 is 0 Å². The molecule has 0 atom stereocenters. The molecule has 0 aliphatic heterocycles. The van der Waals surface area contributed by atoms with Crippen LogP contribution in [0.2, 0.25) is 0 Å². The number of hydrogen-bond donors (Lipinski definition) is 0. The first-order valence-electron chi connectivity index (χ1n) is 18.4. The third kappa shape index (κ3) is 11.0. The molecular formula is C53H40Ag2P2+2. The summed E-state index contributed by atoms with van der Waals surface area (Å²) in [5.74, 6) is 6.23. The molecule has 0 radical (unpaired) electrons. The summed E-state index contributed by atoms with van der Waals surface area (Å²) in [6.07, 6.45) is 14.5. The topological polar surface area (TPSA) is 0 Å². The van der Waals surface area contributed by atoms with Crippen molar-refractivity contribution in [1.82, 2.24) is 0 Å². The predicted molar refractivity (Wildman–Crippen MR) is 244 cm³/mol. The monoisotopic (exact) mass is 952 g/mol. The Morgan fingerprint density at radius 2 is 0.667 bits per heavy atom. The van der Waals surface area contributed by atoms with Crippen LogP contribution in [0.25, 0.3) is 32.3 Å². The van der Waals surface area contributed by atoms with Crippen molar-refractivity contribution in [2.24, 2.45) is 0 Å². The molecule has 0 aromatic heterocycles. The van der Waals surface area contributed by atoms with E-state index in [2.05, 4.69) is 151 Å². The van der Waals surface area contributed by atoms with Gasteiger partial charge in [0.15, 0.2) is 5.90 Å². The summed E-state index contributed by atoms with van der Waals surface area (Å²) in [7, 11) is -1.69. The summed E-state index contributed by atoms with van der Waals surface area (Å²) in [6, 6.07) is 76.8. The van der Waals surface area contributed by atoms with Crippen molar-refractivity contribution in [3.8, 4) is 11.8 Å². The zero-order valence-corrected chi connectivity index (χ0v) is 36.1. The van der Waals surface area contributed by atoms with Gasteiger partial charge < -0.3 is 12.8 Å². The number of fused-ring (bicyclic) bond motifs is 3. The molecule has 0 N–H and O–H groups in total. The van der Waals surface area contributed by atoms with E-state index in [1.165, 1.54) is 27.1 Å². The molecule has 0 aliphatic rings. The van der Waals surface area contributed by atoms with Crippen LogP contribution in [0.5, 0.6) is 0 Å². The molecule has 4 heteroatoms. The van der Waals surface area contributed by atoms with Gasteiger partial charge in [-0.05, 0) is 70.8 Å². The summed E-state index contributed by atoms with van der Waals surface area (Å²) >= 11 is 0. The molecule has 57 heavy (non-hydrogen) atoms. The SMILES string of the molecule is [Ag+].[Ag+].[C-]#Cc1c2ccccc2cc2ccccc12.[C-]#Cc1cccc2ccccc12.c1ccc([PH+](C[PH+](c2ccccc2)c2ccccc2)c2ccccc2)cc1. The molecule has 0 bridgehead atoms. The Balaban J connectivity index is 0.000000176. The summed E-state index contributed by atoms with van der Waals surface area (Å²) < 4.78 is 0. The molecule has 0 saturated heterocycles. The molecule has 282 valence electrons. The van der Waals surface area contributed by atoms with Crippen molar-refractivity contribution in [3.63, 3.8) is 0 Å². The van der Waals surface area contributed by atoms with E-state index in [0.717, 1.165) is 43.4 Å². The Kier molecular flexibility index (Phi) is 16.9. The van der Waals surface area contributed by atoms with Crippen molar-refractivity contribution >= 4 is 69.4 Å². The fourth-order valence-corrected chi connectivity index (χ4v) is 14.7. The Labute approximate surface area is 371 Å². The van der Waals surface area contributed by atoms with Gasteiger partial charge in [0.05, 0.1) is 0 Å². The second-order valence-electron chi connectivity index (χ2n) is 13.1. The van der Waals surface area contributed by atoms with Gasteiger partial charge in [-0.2, -0.15) is 0 Å². The van der Waals surface area contributed by atoms with E-state index in [0.29, 0.717) is 0 Å². The summed E-state index contributed by atoms with van der Waals surface area (Å²) in [5.41, 5.74) is 1.74. The van der Waals surface area contributed by atoms with Crippen LogP contribution >= 0.6 is 15.8 Å². The van der Waals surface area contributed by atoms with Crippen LogP contribution in [0.4, 0.5) is 0 Å². The Morgan fingerprint density at radius 3 is 1.05 bits per heavy atom. The van der Waals surface area contributed by atoms with Gasteiger partial charge in [0.2, 0.25) is 0 Å². The average Bonchev–Trinajstić information content (AvgIpc) is 3.27. The molecule has 9 aromatic rings. The molecule has 0 unspecified atom stereocenters. The molecular weight excluding hydrogens is 914 g/mol. The second kappa shape index (κ2) is 22.2. The maximum atomic E-state index is 7.46. The molecule has 0 aliphatic carbocycles. The van der Waals surface area contributed by atoms with Gasteiger partial charge in [0.1, 0.15) is 37.1 Å². The fourth-order valence-electron chi connectivity index (χ4n) is 6.96. The average molecular weight is 955 g/mol. The van der Waals surface area contributed by atoms with Gasteiger partial charge in [-0.25, -0.2) is 0 Å². The van der Waals surface area contributed by atoms with Crippen molar-refractivity contribution in [1.29, 1.82) is 0 Å². The molecule has 0 heterocycles. The summed E-state index contributed by atoms with van der Waals surface area (Å²) in [6.45, 7) is 0. The van der Waals surface area contributed by atoms with Crippen LogP contribution in [0, 0.1) is 24.7 Å². The number of benzene rings is 9. The Bertz CT molecular complexity index is 2490. The minimum atomic E-state index is -0.847. The van der Waals surface area contributed by atoms with Crippen LogP contribution < -0.4 is 21.2 Å². The van der Waals surface area contributed by atoms with Crippen LogP contribution in [0.3, 0.4) is 0 Å². The molecule has 0 nitrogen and oxygen atoms in total. The molecule has 0 amide bonds. The van der Waals surface area contributed by atoms with Crippen molar-refractivity contribution < 1.29 is 44.8 Å². The fraction of sp³-hybridized carbons (Fsp3) is 0.0189. The van der Waals surface area contributed by atoms with Gasteiger partial charge in [0.25, 0.3) is 0 Å². The Morgan fingerprint density at radius 1 is 0.333 bits per heavy atom. The van der Waals surface area contributed by atoms with Gasteiger partial charge in [-0.15, -0.1) is 17.2 Å². The predicted octanol–water partition coefficient (Wildman–Crippen LogP) is 11.4. The van der Waals surface area contributed by atoms with Crippen molar-refractivity contribution in [3.05, 3.63) is 242 Å². The second-order valence-corrected chi connectivity index (χ2v) is 18.7. The van der Waals surface area contributed by atoms with Crippen molar-refractivity contribution in [2.75, 3.05) is 5.90 Å². The van der Waals surface area contributed by atoms with Crippen LogP contribution in [-0.2, 0) is 44.8 Å². The first-order chi connectivity index (χ1) is 27.2. The van der Waals surface area contributed by atoms with E-state index in [1.54, 1.807) is 0 Å². The van der Waals surface area contributed by atoms with Crippen LogP contribution in [0.15, 0.2) is 218 Å². The normalized spacial score (nSPS) is 10.2. The largest absolute Gasteiger partial charge is 1.00 e. The zero-order chi connectivity index (χ0) is 37.7. The maximum Gasteiger partial charge on any atom is 1.00 e. The molecule has 0 saturated carbocycles. The summed E-state index contributed by atoms with van der Waals surface area (Å²) in [4.78, 5) is 0. The number of hydrogen-bond acceptors (Lipinski definition) is 0. The van der Waals surface area contributed by atoms with E-state index in [1.807, 2.05) is 78.9 Å². The van der Waals surface area contributed by atoms with Crippen molar-refractivity contribution in [2.45, 2.75) is 0 Å². The maximum absolute atomic E-state index is 7.46. The first kappa shape index (κ1) is 43.3. The quantitative estimate of drug-likeness (QED) is 0.0512. The van der Waals surface area contributed by atoms with E-state index in [-0.39, 0.29) is 44.8 Å². The third-order valence-corrected chi connectivity index (χ3v) is 16.6. The molecule has 9 rings (SSSR count). The minimum absolute atomic E-state index is 0. The summed E-state index contributed by atoms with van der Waals surface area (Å²) in [5, 5.41) is 12.8. The molecule has 0 fully saturated rings. The van der Waals surface area contributed by atoms with Gasteiger partial charge in [-0.3, -0.25) is 11.8 Å². The zero-order valence-electron chi connectivity index (χ0n) is 31.1. The standard InChI is InChI=1S/C25H22P2.C16H9.C12H7.2Ag/c1-5-13-22(14-6-1)26(23-15-7-2-8-16-23)21-27(24-17-9-3-10-18-24)25-19-11-4-12-20-25;1-2-14-15-9-5-3-7-12(15)11-13-8-4-6-10-16(13)14;1-2-10-7-5-8-11-6-3-4-9-12(10)11;;/h1-20H,21H2;3-11H;3-9H;;/q;2*-1;2*+1/p+2. The van der Waals surface area contributed by atoms with Gasteiger partial charge >= 0.3 is 44.8 Å². The first-order valence-corrected chi connectivity index (χ1v) is 21.8. The Hall–Kier alpha value is -4.78. The van der Waals surface area contributed by atoms with E-state index in [9.17, 15) is 0 Å². The molecule has 9 aromatic carbocycles. The van der Waals surface area contributed by atoms with E-state index < -0.39 is 15.8 Å². The van der Waals surface area contributed by atoms with Crippen LogP contribution in [-0.4, -0.2) is 5.90 Å². The molecule has 0 spiro atoms.